The van der Waals surface area contributed by atoms with Gasteiger partial charge in [0.25, 0.3) is 0 Å². The second kappa shape index (κ2) is 4.93. The predicted molar refractivity (Wildman–Crippen MR) is 83.3 cm³/mol. The number of halogens is 1. The zero-order valence-corrected chi connectivity index (χ0v) is 13.1. The van der Waals surface area contributed by atoms with Crippen molar-refractivity contribution in [2.75, 3.05) is 11.9 Å². The molecule has 1 aromatic heterocycles. The van der Waals surface area contributed by atoms with Crippen LogP contribution in [0.4, 0.5) is 5.69 Å². The second-order valence-corrected chi connectivity index (χ2v) is 6.75. The molecule has 0 radical (unpaired) electrons. The van der Waals surface area contributed by atoms with Crippen LogP contribution in [0.5, 0.6) is 0 Å². The van der Waals surface area contributed by atoms with Gasteiger partial charge in [0.15, 0.2) is 0 Å². The van der Waals surface area contributed by atoms with Crippen molar-refractivity contribution in [2.45, 2.75) is 38.3 Å². The molecular formula is C14H18BrN3O2. The molecule has 6 heteroatoms. The molecular weight excluding hydrogens is 322 g/mol. The summed E-state index contributed by atoms with van der Waals surface area (Å²) in [5.41, 5.74) is 2.34. The summed E-state index contributed by atoms with van der Waals surface area (Å²) >= 11 is 3.55. The number of nitrogens with one attached hydrogen (secondary N) is 3. The van der Waals surface area contributed by atoms with Crippen LogP contribution in [-0.2, 0) is 4.74 Å². The standard InChI is InChI=1S/C14H18BrN3O2/c1-14(2)7-8(3-4-20-14)16-10-6-12-11(5-9(10)15)17-13(19)18-12/h5-6,8,16H,3-4,7H2,1-2H3,(H2,17,18,19). The number of aromatic amines is 2. The summed E-state index contributed by atoms with van der Waals surface area (Å²) < 4.78 is 6.68. The first-order valence-corrected chi connectivity index (χ1v) is 7.54. The molecule has 1 unspecified atom stereocenters. The van der Waals surface area contributed by atoms with E-state index in [1.165, 1.54) is 0 Å². The van der Waals surface area contributed by atoms with Gasteiger partial charge in [0.05, 0.1) is 22.3 Å². The Morgan fingerprint density at radius 1 is 1.35 bits per heavy atom. The molecule has 108 valence electrons. The highest BCUT2D eigenvalue weighted by atomic mass is 79.9. The number of benzene rings is 1. The van der Waals surface area contributed by atoms with E-state index in [1.807, 2.05) is 12.1 Å². The Hall–Kier alpha value is -1.27. The van der Waals surface area contributed by atoms with Gasteiger partial charge in [-0.2, -0.15) is 0 Å². The molecule has 1 saturated heterocycles. The largest absolute Gasteiger partial charge is 0.381 e. The van der Waals surface area contributed by atoms with Crippen molar-refractivity contribution < 1.29 is 4.74 Å². The van der Waals surface area contributed by atoms with Gasteiger partial charge in [-0.05, 0) is 54.8 Å². The van der Waals surface area contributed by atoms with E-state index in [4.69, 9.17) is 4.74 Å². The quantitative estimate of drug-likeness (QED) is 0.787. The Balaban J connectivity index is 1.86. The van der Waals surface area contributed by atoms with Crippen molar-refractivity contribution in [3.05, 3.63) is 27.1 Å². The lowest BCUT2D eigenvalue weighted by Gasteiger charge is -2.36. The van der Waals surface area contributed by atoms with E-state index in [-0.39, 0.29) is 11.3 Å². The highest BCUT2D eigenvalue weighted by Crippen LogP contribution is 2.31. The van der Waals surface area contributed by atoms with E-state index in [9.17, 15) is 4.79 Å². The molecule has 1 fully saturated rings. The van der Waals surface area contributed by atoms with Crippen LogP contribution in [0, 0.1) is 0 Å². The van der Waals surface area contributed by atoms with E-state index < -0.39 is 0 Å². The van der Waals surface area contributed by atoms with Gasteiger partial charge in [0, 0.05) is 17.1 Å². The summed E-state index contributed by atoms with van der Waals surface area (Å²) in [7, 11) is 0. The van der Waals surface area contributed by atoms with Crippen molar-refractivity contribution >= 4 is 32.7 Å². The predicted octanol–water partition coefficient (Wildman–Crippen LogP) is 2.99. The van der Waals surface area contributed by atoms with Gasteiger partial charge in [0.2, 0.25) is 0 Å². The third kappa shape index (κ3) is 2.76. The van der Waals surface area contributed by atoms with E-state index >= 15 is 0 Å². The third-order valence-corrected chi connectivity index (χ3v) is 4.32. The first-order valence-electron chi connectivity index (χ1n) is 6.75. The summed E-state index contributed by atoms with van der Waals surface area (Å²) in [5, 5.41) is 3.54. The summed E-state index contributed by atoms with van der Waals surface area (Å²) in [6.45, 7) is 5.00. The maximum Gasteiger partial charge on any atom is 0.323 e. The Bertz CT molecular complexity index is 689. The molecule has 1 aliphatic heterocycles. The Kier molecular flexibility index (Phi) is 3.38. The van der Waals surface area contributed by atoms with Gasteiger partial charge >= 0.3 is 5.69 Å². The van der Waals surface area contributed by atoms with Crippen molar-refractivity contribution in [1.82, 2.24) is 9.97 Å². The molecule has 0 aliphatic carbocycles. The second-order valence-electron chi connectivity index (χ2n) is 5.90. The zero-order valence-electron chi connectivity index (χ0n) is 11.5. The maximum absolute atomic E-state index is 11.3. The monoisotopic (exact) mass is 339 g/mol. The van der Waals surface area contributed by atoms with Crippen LogP contribution in [0.3, 0.4) is 0 Å². The number of anilines is 1. The van der Waals surface area contributed by atoms with Gasteiger partial charge in [-0.25, -0.2) is 4.79 Å². The summed E-state index contributed by atoms with van der Waals surface area (Å²) in [5.74, 6) is 0. The third-order valence-electron chi connectivity index (χ3n) is 3.66. The molecule has 1 atom stereocenters. The lowest BCUT2D eigenvalue weighted by atomic mass is 9.94. The highest BCUT2D eigenvalue weighted by molar-refractivity contribution is 9.10. The minimum atomic E-state index is -0.184. The van der Waals surface area contributed by atoms with Gasteiger partial charge < -0.3 is 20.0 Å². The fraction of sp³-hybridized carbons (Fsp3) is 0.500. The Morgan fingerprint density at radius 3 is 2.75 bits per heavy atom. The molecule has 2 aromatic rings. The molecule has 0 spiro atoms. The smallest absolute Gasteiger partial charge is 0.323 e. The van der Waals surface area contributed by atoms with Crippen LogP contribution >= 0.6 is 15.9 Å². The molecule has 1 aromatic carbocycles. The summed E-state index contributed by atoms with van der Waals surface area (Å²) in [4.78, 5) is 16.9. The fourth-order valence-corrected chi connectivity index (χ4v) is 3.20. The number of hydrogen-bond donors (Lipinski definition) is 3. The molecule has 1 aliphatic rings. The molecule has 3 N–H and O–H groups in total. The van der Waals surface area contributed by atoms with Crippen molar-refractivity contribution in [3.63, 3.8) is 0 Å². The van der Waals surface area contributed by atoms with E-state index in [0.29, 0.717) is 6.04 Å². The lowest BCUT2D eigenvalue weighted by molar-refractivity contribution is -0.0553. The van der Waals surface area contributed by atoms with Crippen LogP contribution in [-0.4, -0.2) is 28.2 Å². The Labute approximate surface area is 125 Å². The van der Waals surface area contributed by atoms with Crippen molar-refractivity contribution in [3.8, 4) is 0 Å². The lowest BCUT2D eigenvalue weighted by Crippen LogP contribution is -2.40. The van der Waals surface area contributed by atoms with Crippen LogP contribution in [0.1, 0.15) is 26.7 Å². The first-order chi connectivity index (χ1) is 9.43. The molecule has 20 heavy (non-hydrogen) atoms. The average Bonchev–Trinajstić information content (AvgIpc) is 2.67. The molecule has 0 amide bonds. The van der Waals surface area contributed by atoms with Crippen LogP contribution in [0.15, 0.2) is 21.4 Å². The number of fused-ring (bicyclic) bond motifs is 1. The Morgan fingerprint density at radius 2 is 2.05 bits per heavy atom. The SMILES string of the molecule is CC1(C)CC(Nc2cc3[nH]c(=O)[nH]c3cc2Br)CCO1. The zero-order chi connectivity index (χ0) is 14.3. The number of ether oxygens (including phenoxy) is 1. The molecule has 5 nitrogen and oxygen atoms in total. The number of imidazole rings is 1. The minimum absolute atomic E-state index is 0.0884. The number of rotatable bonds is 2. The van der Waals surface area contributed by atoms with Gasteiger partial charge in [-0.1, -0.05) is 0 Å². The maximum atomic E-state index is 11.3. The summed E-state index contributed by atoms with van der Waals surface area (Å²) in [6, 6.07) is 4.25. The van der Waals surface area contributed by atoms with E-state index in [0.717, 1.165) is 40.6 Å². The van der Waals surface area contributed by atoms with Crippen molar-refractivity contribution in [2.24, 2.45) is 0 Å². The molecule has 3 rings (SSSR count). The minimum Gasteiger partial charge on any atom is -0.381 e. The van der Waals surface area contributed by atoms with Gasteiger partial charge in [-0.3, -0.25) is 0 Å². The number of H-pyrrole nitrogens is 2. The van der Waals surface area contributed by atoms with Crippen LogP contribution < -0.4 is 11.0 Å². The van der Waals surface area contributed by atoms with Gasteiger partial charge in [-0.15, -0.1) is 0 Å². The van der Waals surface area contributed by atoms with E-state index in [1.54, 1.807) is 0 Å². The summed E-state index contributed by atoms with van der Waals surface area (Å²) in [6.07, 6.45) is 1.94. The van der Waals surface area contributed by atoms with Crippen LogP contribution in [0.25, 0.3) is 11.0 Å². The first kappa shape index (κ1) is 13.7. The highest BCUT2D eigenvalue weighted by Gasteiger charge is 2.29. The molecule has 0 bridgehead atoms. The van der Waals surface area contributed by atoms with E-state index in [2.05, 4.69) is 45.1 Å². The average molecular weight is 340 g/mol. The molecule has 0 saturated carbocycles. The normalized spacial score (nSPS) is 22.1. The van der Waals surface area contributed by atoms with Crippen molar-refractivity contribution in [1.29, 1.82) is 0 Å². The fourth-order valence-electron chi connectivity index (χ4n) is 2.74. The van der Waals surface area contributed by atoms with Crippen LogP contribution in [0.2, 0.25) is 0 Å². The number of aromatic nitrogens is 2. The molecule has 2 heterocycles. The van der Waals surface area contributed by atoms with Gasteiger partial charge in [0.1, 0.15) is 0 Å². The topological polar surface area (TPSA) is 69.9 Å². The number of hydrogen-bond acceptors (Lipinski definition) is 3.